The van der Waals surface area contributed by atoms with Crippen LogP contribution in [0.1, 0.15) is 103 Å². The zero-order chi connectivity index (χ0) is 47.9. The Hall–Kier alpha value is -7.03. The van der Waals surface area contributed by atoms with E-state index in [9.17, 15) is 0 Å². The second-order valence-corrected chi connectivity index (χ2v) is 23.6. The Labute approximate surface area is 414 Å². The molecule has 4 aliphatic rings. The first-order valence-electron chi connectivity index (χ1n) is 25.8. The summed E-state index contributed by atoms with van der Waals surface area (Å²) in [5, 5.41) is 8.63. The van der Waals surface area contributed by atoms with E-state index < -0.39 is 0 Å². The van der Waals surface area contributed by atoms with Gasteiger partial charge in [0.05, 0.1) is 0 Å². The number of rotatable bonds is 4. The number of nitrogens with zero attached hydrogens (tertiary/aromatic N) is 2. The summed E-state index contributed by atoms with van der Waals surface area (Å²) in [4.78, 5) is 5.13. The molecular weight excluding hydrogens is 842 g/mol. The molecule has 0 radical (unpaired) electrons. The third-order valence-electron chi connectivity index (χ3n) is 16.8. The third kappa shape index (κ3) is 5.54. The van der Waals surface area contributed by atoms with E-state index in [1.807, 2.05) is 0 Å². The maximum atomic E-state index is 2.70. The van der Waals surface area contributed by atoms with E-state index in [0.29, 0.717) is 11.8 Å². The van der Waals surface area contributed by atoms with Crippen LogP contribution < -0.4 is 42.6 Å². The fourth-order valence-corrected chi connectivity index (χ4v) is 13.5. The van der Waals surface area contributed by atoms with E-state index in [1.165, 1.54) is 144 Å². The maximum absolute atomic E-state index is 2.70. The van der Waals surface area contributed by atoms with Gasteiger partial charge in [0, 0.05) is 34.1 Å². The quantitative estimate of drug-likeness (QED) is 0.128. The van der Waals surface area contributed by atoms with Crippen molar-refractivity contribution in [1.29, 1.82) is 0 Å². The summed E-state index contributed by atoms with van der Waals surface area (Å²) in [6, 6.07) is 61.6. The van der Waals surface area contributed by atoms with Crippen LogP contribution >= 0.6 is 0 Å². The minimum Gasteiger partial charge on any atom is -0.311 e. The average molecular weight is 901 g/mol. The second kappa shape index (κ2) is 14.3. The zero-order valence-electron chi connectivity index (χ0n) is 42.2. The molecular formula is C66H58B2N2. The molecule has 10 aromatic rings. The van der Waals surface area contributed by atoms with Crippen molar-refractivity contribution >= 4 is 113 Å². The van der Waals surface area contributed by atoms with Gasteiger partial charge in [0.1, 0.15) is 0 Å². The molecule has 0 saturated carbocycles. The summed E-state index contributed by atoms with van der Waals surface area (Å²) in [7, 11) is 0. The van der Waals surface area contributed by atoms with E-state index in [4.69, 9.17) is 0 Å². The number of hydrogen-bond donors (Lipinski definition) is 0. The van der Waals surface area contributed by atoms with Gasteiger partial charge in [0.15, 0.2) is 0 Å². The van der Waals surface area contributed by atoms with Crippen molar-refractivity contribution in [2.45, 2.75) is 91.9 Å². The lowest BCUT2D eigenvalue weighted by Crippen LogP contribution is -2.60. The molecule has 70 heavy (non-hydrogen) atoms. The Morgan fingerprint density at radius 3 is 1.10 bits per heavy atom. The number of hydrogen-bond acceptors (Lipinski definition) is 2. The van der Waals surface area contributed by atoms with E-state index in [1.54, 1.807) is 0 Å². The molecule has 4 aliphatic heterocycles. The molecule has 0 amide bonds. The van der Waals surface area contributed by atoms with Gasteiger partial charge in [0.2, 0.25) is 13.4 Å². The summed E-state index contributed by atoms with van der Waals surface area (Å²) in [6.45, 7) is 24.1. The van der Waals surface area contributed by atoms with Crippen LogP contribution in [0, 0.1) is 0 Å². The van der Waals surface area contributed by atoms with Crippen molar-refractivity contribution < 1.29 is 0 Å². The van der Waals surface area contributed by atoms with Crippen molar-refractivity contribution in [2.24, 2.45) is 0 Å². The molecule has 10 aromatic carbocycles. The van der Waals surface area contributed by atoms with Crippen LogP contribution in [0.25, 0.3) is 54.6 Å². The first-order valence-corrected chi connectivity index (χ1v) is 25.8. The second-order valence-electron chi connectivity index (χ2n) is 23.6. The predicted molar refractivity (Wildman–Crippen MR) is 305 cm³/mol. The highest BCUT2D eigenvalue weighted by Crippen LogP contribution is 2.52. The number of fused-ring (bicyclic) bond motifs is 8. The summed E-state index contributed by atoms with van der Waals surface area (Å²) < 4.78 is 0. The minimum atomic E-state index is -0.0667. The van der Waals surface area contributed by atoms with E-state index in [-0.39, 0.29) is 24.3 Å². The molecule has 338 valence electrons. The maximum Gasteiger partial charge on any atom is 0.248 e. The van der Waals surface area contributed by atoms with Crippen LogP contribution in [0.5, 0.6) is 0 Å². The summed E-state index contributed by atoms with van der Waals surface area (Å²) in [6.07, 6.45) is 0. The van der Waals surface area contributed by atoms with Crippen molar-refractivity contribution in [3.63, 3.8) is 0 Å². The molecule has 2 nitrogen and oxygen atoms in total. The molecule has 0 aliphatic carbocycles. The first kappa shape index (κ1) is 41.9. The van der Waals surface area contributed by atoms with Crippen LogP contribution in [0.15, 0.2) is 158 Å². The monoisotopic (exact) mass is 900 g/mol. The van der Waals surface area contributed by atoms with E-state index in [0.717, 1.165) is 0 Å². The van der Waals surface area contributed by atoms with Crippen LogP contribution in [-0.4, -0.2) is 13.4 Å². The standard InChI is InChI=1S/C66H58B2N2/c1-37(2)43-33-45-49-29-39(65(5,6)7)31-57-63(49)68(52-26-18-20-28-56(52)69(57)41-21-13-11-14-22-41)54-36-48-44(38(3)4)34-46-50-30-40(66(8,9)10)32-58-64(50)67(53-35-47(43)61(59(45)54)62(48)60(46)53)51-25-17-19-27-55(51)70(58)42-23-15-12-16-24-42/h11-38H,1-10H3. The largest absolute Gasteiger partial charge is 0.311 e. The van der Waals surface area contributed by atoms with Crippen molar-refractivity contribution in [3.05, 3.63) is 180 Å². The van der Waals surface area contributed by atoms with Crippen LogP contribution in [0.2, 0.25) is 0 Å². The van der Waals surface area contributed by atoms with Gasteiger partial charge >= 0.3 is 0 Å². The molecule has 14 rings (SSSR count). The Kier molecular flexibility index (Phi) is 8.55. The SMILES string of the molecule is CC(C)c1cc2c3c(cc4c(C(C)C)cc5c6c(cc1c3c46)B1c3ccccc3N(c3ccccc3)c3cc(C(C)(C)C)cc-5c31)B1c3ccccc3N(c3ccccc3)c3cc(C(C)(C)C)cc-2c31. The van der Waals surface area contributed by atoms with Crippen molar-refractivity contribution in [3.8, 4) is 22.3 Å². The normalized spacial score (nSPS) is 14.3. The van der Waals surface area contributed by atoms with E-state index >= 15 is 0 Å². The number of benzene rings is 10. The zero-order valence-corrected chi connectivity index (χ0v) is 42.2. The summed E-state index contributed by atoms with van der Waals surface area (Å²) in [5.41, 5.74) is 27.1. The lowest BCUT2D eigenvalue weighted by atomic mass is 9.31. The molecule has 0 aromatic heterocycles. The molecule has 4 heteroatoms. The molecule has 0 bridgehead atoms. The van der Waals surface area contributed by atoms with Crippen LogP contribution in [-0.2, 0) is 10.8 Å². The molecule has 0 fully saturated rings. The van der Waals surface area contributed by atoms with Crippen molar-refractivity contribution in [1.82, 2.24) is 0 Å². The molecule has 0 unspecified atom stereocenters. The van der Waals surface area contributed by atoms with Gasteiger partial charge < -0.3 is 9.80 Å². The predicted octanol–water partition coefficient (Wildman–Crippen LogP) is 14.0. The molecule has 0 saturated heterocycles. The smallest absolute Gasteiger partial charge is 0.248 e. The Morgan fingerprint density at radius 2 is 0.729 bits per heavy atom. The van der Waals surface area contributed by atoms with Gasteiger partial charge in [-0.1, -0.05) is 177 Å². The lowest BCUT2D eigenvalue weighted by molar-refractivity contribution is 0.590. The topological polar surface area (TPSA) is 6.48 Å². The van der Waals surface area contributed by atoms with Gasteiger partial charge in [-0.15, -0.1) is 0 Å². The summed E-state index contributed by atoms with van der Waals surface area (Å²) in [5.74, 6) is 0.601. The Bertz CT molecular complexity index is 3620. The highest BCUT2D eigenvalue weighted by Gasteiger charge is 2.46. The highest BCUT2D eigenvalue weighted by atomic mass is 15.2. The third-order valence-corrected chi connectivity index (χ3v) is 16.8. The fraction of sp³-hybridized carbons (Fsp3) is 0.212. The molecule has 0 atom stereocenters. The van der Waals surface area contributed by atoms with Gasteiger partial charge in [-0.25, -0.2) is 0 Å². The van der Waals surface area contributed by atoms with Crippen LogP contribution in [0.4, 0.5) is 34.1 Å². The molecule has 0 spiro atoms. The number of para-hydroxylation sites is 4. The van der Waals surface area contributed by atoms with Crippen molar-refractivity contribution in [2.75, 3.05) is 9.80 Å². The van der Waals surface area contributed by atoms with Gasteiger partial charge in [-0.3, -0.25) is 0 Å². The fourth-order valence-electron chi connectivity index (χ4n) is 13.5. The average Bonchev–Trinajstić information content (AvgIpc) is 3.35. The highest BCUT2D eigenvalue weighted by molar-refractivity contribution is 7.02. The summed E-state index contributed by atoms with van der Waals surface area (Å²) >= 11 is 0. The Balaban J connectivity index is 1.19. The lowest BCUT2D eigenvalue weighted by Gasteiger charge is -2.43. The molecule has 0 N–H and O–H groups in total. The van der Waals surface area contributed by atoms with Crippen LogP contribution in [0.3, 0.4) is 0 Å². The number of anilines is 6. The molecule has 4 heterocycles. The van der Waals surface area contributed by atoms with Gasteiger partial charge in [-0.2, -0.15) is 0 Å². The van der Waals surface area contributed by atoms with E-state index in [2.05, 4.69) is 237 Å². The first-order chi connectivity index (χ1) is 33.7. The van der Waals surface area contributed by atoms with Gasteiger partial charge in [0.25, 0.3) is 0 Å². The van der Waals surface area contributed by atoms with Gasteiger partial charge in [-0.05, 0) is 182 Å². The minimum absolute atomic E-state index is 0.0667. The Morgan fingerprint density at radius 1 is 0.357 bits per heavy atom.